The summed E-state index contributed by atoms with van der Waals surface area (Å²) in [6.45, 7) is 0.268. The number of aromatic nitrogens is 1. The lowest BCUT2D eigenvalue weighted by molar-refractivity contribution is -0.129. The second-order valence-electron chi connectivity index (χ2n) is 7.76. The van der Waals surface area contributed by atoms with Crippen molar-refractivity contribution in [2.45, 2.75) is 25.7 Å². The molecule has 0 radical (unpaired) electrons. The van der Waals surface area contributed by atoms with Crippen molar-refractivity contribution in [3.05, 3.63) is 58.4 Å². The van der Waals surface area contributed by atoms with Crippen molar-refractivity contribution in [3.63, 3.8) is 0 Å². The highest BCUT2D eigenvalue weighted by Crippen LogP contribution is 2.41. The number of fused-ring (bicyclic) bond motifs is 1. The number of hydrogen-bond donors (Lipinski definition) is 3. The van der Waals surface area contributed by atoms with Gasteiger partial charge in [0, 0.05) is 42.2 Å². The van der Waals surface area contributed by atoms with E-state index in [1.165, 1.54) is 32.4 Å². The molecule has 1 aromatic heterocycles. The molecule has 35 heavy (non-hydrogen) atoms. The van der Waals surface area contributed by atoms with E-state index in [2.05, 4.69) is 4.98 Å². The Kier molecular flexibility index (Phi) is 8.69. The van der Waals surface area contributed by atoms with E-state index in [4.69, 9.17) is 19.4 Å². The number of rotatable bonds is 11. The monoisotopic (exact) mass is 483 g/mol. The highest BCUT2D eigenvalue weighted by molar-refractivity contribution is 6.07. The van der Waals surface area contributed by atoms with Crippen LogP contribution in [0.2, 0.25) is 0 Å². The Hall–Kier alpha value is -4.05. The Balaban J connectivity index is 1.99. The summed E-state index contributed by atoms with van der Waals surface area (Å²) in [6, 6.07) is 10.3. The molecule has 0 aliphatic rings. The molecule has 10 heteroatoms. The minimum atomic E-state index is -0.487. The lowest BCUT2D eigenvalue weighted by Crippen LogP contribution is -2.35. The summed E-state index contributed by atoms with van der Waals surface area (Å²) < 4.78 is 16.3. The summed E-state index contributed by atoms with van der Waals surface area (Å²) in [7, 11) is 4.45. The number of amides is 2. The molecular weight excluding hydrogens is 454 g/mol. The number of anilines is 1. The predicted octanol–water partition coefficient (Wildman–Crippen LogP) is 3.27. The average Bonchev–Trinajstić information content (AvgIpc) is 2.89. The van der Waals surface area contributed by atoms with E-state index in [0.29, 0.717) is 53.1 Å². The number of hydroxylamine groups is 1. The fourth-order valence-electron chi connectivity index (χ4n) is 3.83. The van der Waals surface area contributed by atoms with E-state index in [1.54, 1.807) is 41.9 Å². The maximum Gasteiger partial charge on any atom is 0.263 e. The van der Waals surface area contributed by atoms with Gasteiger partial charge in [-0.3, -0.25) is 19.6 Å². The molecule has 0 unspecified atom stereocenters. The molecule has 0 fully saturated rings. The van der Waals surface area contributed by atoms with E-state index in [1.807, 2.05) is 0 Å². The first-order valence-corrected chi connectivity index (χ1v) is 11.1. The zero-order valence-electron chi connectivity index (χ0n) is 19.9. The Bertz CT molecular complexity index is 1230. The summed E-state index contributed by atoms with van der Waals surface area (Å²) in [4.78, 5) is 42.6. The number of aromatic amines is 1. The SMILES string of the molecule is COc1cc(N(CCCCCC(=O)NO)C(=O)c2c[nH]c3ccccc3c2=O)cc(OC)c1OC. The van der Waals surface area contributed by atoms with Crippen LogP contribution in [0.1, 0.15) is 36.0 Å². The number of para-hydroxylation sites is 1. The third kappa shape index (κ3) is 5.72. The topological polar surface area (TPSA) is 130 Å². The van der Waals surface area contributed by atoms with Gasteiger partial charge in [0.05, 0.1) is 27.0 Å². The fraction of sp³-hybridized carbons (Fsp3) is 0.320. The van der Waals surface area contributed by atoms with Gasteiger partial charge in [0.2, 0.25) is 17.1 Å². The van der Waals surface area contributed by atoms with Crippen molar-refractivity contribution in [2.75, 3.05) is 32.8 Å². The summed E-state index contributed by atoms with van der Waals surface area (Å²) >= 11 is 0. The average molecular weight is 484 g/mol. The van der Waals surface area contributed by atoms with Gasteiger partial charge in [-0.15, -0.1) is 0 Å². The lowest BCUT2D eigenvalue weighted by atomic mass is 10.1. The number of pyridine rings is 1. The van der Waals surface area contributed by atoms with Gasteiger partial charge in [-0.1, -0.05) is 18.6 Å². The zero-order valence-corrected chi connectivity index (χ0v) is 19.9. The number of hydrogen-bond acceptors (Lipinski definition) is 7. The highest BCUT2D eigenvalue weighted by atomic mass is 16.5. The van der Waals surface area contributed by atoms with Gasteiger partial charge in [0.25, 0.3) is 5.91 Å². The molecule has 3 aromatic rings. The molecule has 10 nitrogen and oxygen atoms in total. The lowest BCUT2D eigenvalue weighted by Gasteiger charge is -2.25. The number of nitrogens with zero attached hydrogens (tertiary/aromatic N) is 1. The van der Waals surface area contributed by atoms with Crippen LogP contribution in [-0.4, -0.2) is 49.9 Å². The van der Waals surface area contributed by atoms with Crippen LogP contribution in [0, 0.1) is 0 Å². The first-order valence-electron chi connectivity index (χ1n) is 11.1. The number of carbonyl (C=O) groups excluding carboxylic acids is 2. The Morgan fingerprint density at radius 3 is 2.31 bits per heavy atom. The predicted molar refractivity (Wildman–Crippen MR) is 131 cm³/mol. The molecule has 2 aromatic carbocycles. The van der Waals surface area contributed by atoms with Crippen LogP contribution in [0.25, 0.3) is 10.9 Å². The zero-order chi connectivity index (χ0) is 25.4. The molecule has 0 aliphatic carbocycles. The largest absolute Gasteiger partial charge is 0.493 e. The van der Waals surface area contributed by atoms with E-state index < -0.39 is 11.8 Å². The number of unbranched alkanes of at least 4 members (excludes halogenated alkanes) is 2. The molecular formula is C25H29N3O7. The van der Waals surface area contributed by atoms with E-state index in [0.717, 1.165) is 0 Å². The minimum Gasteiger partial charge on any atom is -0.493 e. The second-order valence-corrected chi connectivity index (χ2v) is 7.76. The van der Waals surface area contributed by atoms with E-state index in [9.17, 15) is 14.4 Å². The first kappa shape index (κ1) is 25.6. The first-order chi connectivity index (χ1) is 16.9. The Labute approximate surface area is 202 Å². The molecule has 1 heterocycles. The van der Waals surface area contributed by atoms with E-state index >= 15 is 0 Å². The van der Waals surface area contributed by atoms with Gasteiger partial charge in [0.1, 0.15) is 5.56 Å². The van der Waals surface area contributed by atoms with Gasteiger partial charge < -0.3 is 24.1 Å². The van der Waals surface area contributed by atoms with Crippen molar-refractivity contribution < 1.29 is 29.0 Å². The van der Waals surface area contributed by atoms with Crippen molar-refractivity contribution in [1.29, 1.82) is 0 Å². The smallest absolute Gasteiger partial charge is 0.263 e. The van der Waals surface area contributed by atoms with Crippen molar-refractivity contribution in [3.8, 4) is 17.2 Å². The number of benzene rings is 2. The van der Waals surface area contributed by atoms with Gasteiger partial charge in [-0.25, -0.2) is 5.48 Å². The molecule has 2 amide bonds. The molecule has 0 spiro atoms. The summed E-state index contributed by atoms with van der Waals surface area (Å²) in [6.07, 6.45) is 3.28. The molecule has 0 saturated carbocycles. The Morgan fingerprint density at radius 1 is 1.00 bits per heavy atom. The normalized spacial score (nSPS) is 10.6. The van der Waals surface area contributed by atoms with Gasteiger partial charge in [-0.2, -0.15) is 0 Å². The summed E-state index contributed by atoms with van der Waals surface area (Å²) in [5.41, 5.74) is 2.33. The minimum absolute atomic E-state index is 0.00268. The Morgan fingerprint density at radius 2 is 1.69 bits per heavy atom. The number of ether oxygens (including phenoxy) is 3. The van der Waals surface area contributed by atoms with Crippen LogP contribution in [0.3, 0.4) is 0 Å². The molecule has 0 saturated heterocycles. The highest BCUT2D eigenvalue weighted by Gasteiger charge is 2.24. The third-order valence-electron chi connectivity index (χ3n) is 5.64. The van der Waals surface area contributed by atoms with Crippen LogP contribution >= 0.6 is 0 Å². The molecule has 3 rings (SSSR count). The summed E-state index contributed by atoms with van der Waals surface area (Å²) in [5.74, 6) is 0.160. The van der Waals surface area contributed by atoms with Crippen molar-refractivity contribution in [1.82, 2.24) is 10.5 Å². The number of methoxy groups -OCH3 is 3. The van der Waals surface area contributed by atoms with Gasteiger partial charge >= 0.3 is 0 Å². The van der Waals surface area contributed by atoms with Crippen molar-refractivity contribution in [2.24, 2.45) is 0 Å². The third-order valence-corrected chi connectivity index (χ3v) is 5.64. The molecule has 3 N–H and O–H groups in total. The van der Waals surface area contributed by atoms with Crippen LogP contribution < -0.4 is 30.0 Å². The standard InChI is InChI=1S/C25H29N3O7/c1-33-20-13-16(14-21(34-2)24(20)35-3)28(12-8-4-5-11-22(29)27-32)25(31)18-15-26-19-10-7-6-9-17(19)23(18)30/h6-7,9-10,13-15,32H,4-5,8,11-12H2,1-3H3,(H,26,30)(H,27,29). The molecule has 0 atom stereocenters. The van der Waals surface area contributed by atoms with Crippen LogP contribution in [-0.2, 0) is 4.79 Å². The molecule has 0 bridgehead atoms. The second kappa shape index (κ2) is 11.9. The van der Waals surface area contributed by atoms with E-state index in [-0.39, 0.29) is 24.0 Å². The summed E-state index contributed by atoms with van der Waals surface area (Å²) in [5, 5.41) is 9.07. The van der Waals surface area contributed by atoms with Gasteiger partial charge in [-0.05, 0) is 25.0 Å². The van der Waals surface area contributed by atoms with Gasteiger partial charge in [0.15, 0.2) is 11.5 Å². The van der Waals surface area contributed by atoms with Crippen molar-refractivity contribution >= 4 is 28.4 Å². The number of carbonyl (C=O) groups is 2. The van der Waals surface area contributed by atoms with Crippen LogP contribution in [0.5, 0.6) is 17.2 Å². The fourth-order valence-corrected chi connectivity index (χ4v) is 3.83. The molecule has 186 valence electrons. The maximum absolute atomic E-state index is 13.7. The van der Waals surface area contributed by atoms with Crippen LogP contribution in [0.4, 0.5) is 5.69 Å². The number of H-pyrrole nitrogens is 1. The number of nitrogens with one attached hydrogen (secondary N) is 2. The maximum atomic E-state index is 13.7. The quantitative estimate of drug-likeness (QED) is 0.217. The van der Waals surface area contributed by atoms with Crippen LogP contribution in [0.15, 0.2) is 47.4 Å². The molecule has 0 aliphatic heterocycles.